The number of unbranched alkanes of at least 4 members (excludes halogenated alkanes) is 8. The van der Waals surface area contributed by atoms with Crippen molar-refractivity contribution in [1.82, 2.24) is 15.0 Å². The third kappa shape index (κ3) is 8.93. The lowest BCUT2D eigenvalue weighted by molar-refractivity contribution is -0.157. The zero-order valence-corrected chi connectivity index (χ0v) is 24.1. The van der Waals surface area contributed by atoms with Crippen molar-refractivity contribution in [2.75, 3.05) is 7.11 Å². The van der Waals surface area contributed by atoms with Crippen molar-refractivity contribution in [3.63, 3.8) is 0 Å². The first-order valence-corrected chi connectivity index (χ1v) is 14.6. The Morgan fingerprint density at radius 3 is 2.33 bits per heavy atom. The second kappa shape index (κ2) is 16.4. The molecule has 0 fully saturated rings. The molecular formula is C32H43N3O5. The monoisotopic (exact) mass is 549 g/mol. The summed E-state index contributed by atoms with van der Waals surface area (Å²) >= 11 is 0. The largest absolute Gasteiger partial charge is 0.496 e. The first-order chi connectivity index (χ1) is 19.5. The highest BCUT2D eigenvalue weighted by Gasteiger charge is 2.30. The Morgan fingerprint density at radius 2 is 1.65 bits per heavy atom. The van der Waals surface area contributed by atoms with E-state index in [1.165, 1.54) is 49.8 Å². The fourth-order valence-corrected chi connectivity index (χ4v) is 5.05. The molecule has 216 valence electrons. The quantitative estimate of drug-likeness (QED) is 0.138. The minimum atomic E-state index is -1.50. The number of carbonyl (C=O) groups is 2. The number of methoxy groups -OCH3 is 1. The highest BCUT2D eigenvalue weighted by molar-refractivity contribution is 6.31. The molecule has 1 atom stereocenters. The third-order valence-electron chi connectivity index (χ3n) is 7.23. The Kier molecular flexibility index (Phi) is 12.7. The summed E-state index contributed by atoms with van der Waals surface area (Å²) in [5.41, 5.74) is 2.26. The van der Waals surface area contributed by atoms with Crippen molar-refractivity contribution < 1.29 is 24.0 Å². The van der Waals surface area contributed by atoms with E-state index in [1.807, 2.05) is 49.4 Å². The van der Waals surface area contributed by atoms with Gasteiger partial charge in [0, 0.05) is 17.5 Å². The molecule has 0 bridgehead atoms. The van der Waals surface area contributed by atoms with E-state index >= 15 is 0 Å². The van der Waals surface area contributed by atoms with Gasteiger partial charge in [-0.25, -0.2) is 4.79 Å². The summed E-state index contributed by atoms with van der Waals surface area (Å²) in [6.45, 7) is 4.27. The Morgan fingerprint density at radius 1 is 0.950 bits per heavy atom. The number of rotatable bonds is 17. The van der Waals surface area contributed by atoms with E-state index in [-0.39, 0.29) is 6.54 Å². The summed E-state index contributed by atoms with van der Waals surface area (Å²) in [5, 5.41) is 13.8. The average Bonchev–Trinajstić information content (AvgIpc) is 3.45. The number of nitrogens with zero attached hydrogens (tertiary/aromatic N) is 3. The topological polar surface area (TPSA) is 106 Å². The predicted molar refractivity (Wildman–Crippen MR) is 155 cm³/mol. The number of aromatic nitrogens is 2. The van der Waals surface area contributed by atoms with E-state index in [1.54, 1.807) is 13.2 Å². The Bertz CT molecular complexity index is 1210. The van der Waals surface area contributed by atoms with Crippen LogP contribution in [0.25, 0.3) is 11.5 Å². The lowest BCUT2D eigenvalue weighted by Gasteiger charge is -2.31. The van der Waals surface area contributed by atoms with Gasteiger partial charge >= 0.3 is 11.9 Å². The molecule has 1 amide bonds. The van der Waals surface area contributed by atoms with Crippen LogP contribution in [0.15, 0.2) is 53.1 Å². The van der Waals surface area contributed by atoms with Crippen LogP contribution in [0.5, 0.6) is 5.75 Å². The molecule has 0 spiro atoms. The molecule has 1 heterocycles. The number of ether oxygens (including phenoxy) is 1. The maximum absolute atomic E-state index is 12.8. The fraction of sp³-hybridized carbons (Fsp3) is 0.500. The van der Waals surface area contributed by atoms with Gasteiger partial charge in [0.25, 0.3) is 5.89 Å². The molecule has 0 aliphatic rings. The van der Waals surface area contributed by atoms with E-state index in [0.29, 0.717) is 23.9 Å². The summed E-state index contributed by atoms with van der Waals surface area (Å²) in [7, 11) is 1.55. The zero-order chi connectivity index (χ0) is 28.7. The minimum Gasteiger partial charge on any atom is -0.496 e. The smallest absolute Gasteiger partial charge is 0.394 e. The molecule has 40 heavy (non-hydrogen) atoms. The van der Waals surface area contributed by atoms with Crippen molar-refractivity contribution in [2.24, 2.45) is 0 Å². The summed E-state index contributed by atoms with van der Waals surface area (Å²) in [6, 6.07) is 14.4. The summed E-state index contributed by atoms with van der Waals surface area (Å²) in [6.07, 6.45) is 12.6. The molecule has 3 rings (SSSR count). The molecule has 0 saturated heterocycles. The minimum absolute atomic E-state index is 0.0985. The standard InChI is InChI=1S/C32H43N3O5/c1-4-6-7-8-9-10-11-12-13-21-29-33-30(40-34-29)25-19-16-18-24(22-25)27(5-2)35(31(36)32(37)38)23-26-17-14-15-20-28(26)39-3/h14-20,22,27H,4-13,21,23H2,1-3H3,(H,37,38). The number of hydrogen-bond acceptors (Lipinski definition) is 6. The van der Waals surface area contributed by atoms with Crippen LogP contribution in [-0.4, -0.2) is 39.1 Å². The molecule has 0 aliphatic heterocycles. The maximum atomic E-state index is 12.8. The molecule has 0 saturated carbocycles. The fourth-order valence-electron chi connectivity index (χ4n) is 5.05. The number of para-hydroxylation sites is 1. The van der Waals surface area contributed by atoms with E-state index in [9.17, 15) is 14.7 Å². The average molecular weight is 550 g/mol. The van der Waals surface area contributed by atoms with Crippen molar-refractivity contribution >= 4 is 11.9 Å². The Labute approximate surface area is 237 Å². The molecule has 2 aromatic carbocycles. The van der Waals surface area contributed by atoms with Gasteiger partial charge < -0.3 is 19.3 Å². The van der Waals surface area contributed by atoms with Gasteiger partial charge in [0.1, 0.15) is 5.75 Å². The number of carbonyl (C=O) groups excluding carboxylic acids is 1. The molecule has 8 heteroatoms. The first-order valence-electron chi connectivity index (χ1n) is 14.6. The van der Waals surface area contributed by atoms with Gasteiger partial charge in [-0.2, -0.15) is 4.98 Å². The van der Waals surface area contributed by atoms with E-state index in [0.717, 1.165) is 36.0 Å². The number of carboxylic acids is 1. The summed E-state index contributed by atoms with van der Waals surface area (Å²) < 4.78 is 11.0. The van der Waals surface area contributed by atoms with E-state index in [2.05, 4.69) is 17.1 Å². The molecule has 0 aliphatic carbocycles. The molecule has 0 radical (unpaired) electrons. The van der Waals surface area contributed by atoms with Gasteiger partial charge in [0.2, 0.25) is 0 Å². The van der Waals surface area contributed by atoms with E-state index in [4.69, 9.17) is 9.26 Å². The summed E-state index contributed by atoms with van der Waals surface area (Å²) in [4.78, 5) is 30.6. The Balaban J connectivity index is 1.67. The molecule has 1 unspecified atom stereocenters. The third-order valence-corrected chi connectivity index (χ3v) is 7.23. The van der Waals surface area contributed by atoms with Gasteiger partial charge in [0.05, 0.1) is 19.7 Å². The van der Waals surface area contributed by atoms with Crippen molar-refractivity contribution in [1.29, 1.82) is 0 Å². The van der Waals surface area contributed by atoms with Gasteiger partial charge in [0.15, 0.2) is 5.82 Å². The molecule has 1 N–H and O–H groups in total. The van der Waals surface area contributed by atoms with Gasteiger partial charge in [-0.05, 0) is 36.6 Å². The molecular weight excluding hydrogens is 506 g/mol. The second-order valence-electron chi connectivity index (χ2n) is 10.2. The van der Waals surface area contributed by atoms with Crippen LogP contribution < -0.4 is 4.74 Å². The van der Waals surface area contributed by atoms with Crippen LogP contribution in [0.4, 0.5) is 0 Å². The second-order valence-corrected chi connectivity index (χ2v) is 10.2. The van der Waals surface area contributed by atoms with Crippen molar-refractivity contribution in [3.8, 4) is 17.2 Å². The van der Waals surface area contributed by atoms with Crippen LogP contribution in [0.1, 0.15) is 101 Å². The maximum Gasteiger partial charge on any atom is 0.394 e. The van der Waals surface area contributed by atoms with Crippen molar-refractivity contribution in [2.45, 2.75) is 97.1 Å². The number of aryl methyl sites for hydroxylation is 1. The lowest BCUT2D eigenvalue weighted by atomic mass is 9.99. The normalized spacial score (nSPS) is 11.8. The van der Waals surface area contributed by atoms with Gasteiger partial charge in [-0.15, -0.1) is 0 Å². The molecule has 1 aromatic heterocycles. The SMILES string of the molecule is CCCCCCCCCCCc1noc(-c2cccc(C(CC)N(Cc3ccccc3OC)C(=O)C(=O)O)c2)n1. The number of amides is 1. The number of benzene rings is 2. The Hall–Kier alpha value is -3.68. The van der Waals surface area contributed by atoms with Gasteiger partial charge in [-0.1, -0.05) is 101 Å². The first kappa shape index (κ1) is 30.9. The zero-order valence-electron chi connectivity index (χ0n) is 24.1. The van der Waals surface area contributed by atoms with Gasteiger partial charge in [-0.3, -0.25) is 4.79 Å². The number of aliphatic carboxylic acids is 1. The van der Waals surface area contributed by atoms with E-state index < -0.39 is 17.9 Å². The number of hydrogen-bond donors (Lipinski definition) is 1. The lowest BCUT2D eigenvalue weighted by Crippen LogP contribution is -2.39. The van der Waals surface area contributed by atoms with Crippen LogP contribution in [-0.2, 0) is 22.6 Å². The van der Waals surface area contributed by atoms with Crippen LogP contribution in [0.2, 0.25) is 0 Å². The van der Waals surface area contributed by atoms with Crippen molar-refractivity contribution in [3.05, 3.63) is 65.5 Å². The van der Waals surface area contributed by atoms with Crippen LogP contribution in [0.3, 0.4) is 0 Å². The highest BCUT2D eigenvalue weighted by Crippen LogP contribution is 2.31. The number of carboxylic acid groups (broad SMARTS) is 1. The molecule has 3 aromatic rings. The predicted octanol–water partition coefficient (Wildman–Crippen LogP) is 7.38. The van der Waals surface area contributed by atoms with Crippen LogP contribution in [0, 0.1) is 0 Å². The highest BCUT2D eigenvalue weighted by atomic mass is 16.5. The van der Waals surface area contributed by atoms with Crippen LogP contribution >= 0.6 is 0 Å². The summed E-state index contributed by atoms with van der Waals surface area (Å²) in [5.74, 6) is -0.760. The molecule has 8 nitrogen and oxygen atoms in total.